The Bertz CT molecular complexity index is 1930. The van der Waals surface area contributed by atoms with Gasteiger partial charge in [0.25, 0.3) is 0 Å². The standard InChI is InChI=1S/C32H57F3OP.2C31H58P.BrH.2ClH.HI.H3P/c1-4-7-10-13-16-19-26-37(27-20-17-14-11-8-5-2,28-21-18-15-12-9-6-3)29-30-22-24-31(25-23-30)36-32(33,34)35;2*1-4-7-10-13-16-22-27-32(28-23-17-14-11-8-5-2,29-24-18-15-12-9-6-3)30-31-25-20-19-21-26-31;;;;;/h22-25H,4-21,26-29H2,1-3H3;2*19-21,25-26H,4-18,22-24,27-30H2,1-3H3;4*1H;1H3/q3*+1;;;;;/p-3. The summed E-state index contributed by atoms with van der Waals surface area (Å²) in [5.74, 6) is -0.108. The lowest BCUT2D eigenvalue weighted by molar-refractivity contribution is -0.274. The third-order valence-corrected chi connectivity index (χ3v) is 36.8. The Hall–Kier alpha value is 0.760. The Morgan fingerprint density at radius 1 is 0.236 bits per heavy atom. The van der Waals surface area contributed by atoms with E-state index in [2.05, 4.69) is 128 Å². The first kappa shape index (κ1) is 115. The van der Waals surface area contributed by atoms with E-state index < -0.39 is 28.1 Å². The van der Waals surface area contributed by atoms with Gasteiger partial charge in [0.1, 0.15) is 5.75 Å². The zero-order valence-corrected chi connectivity index (χ0v) is 80.9. The van der Waals surface area contributed by atoms with Crippen molar-refractivity contribution in [1.29, 1.82) is 0 Å². The number of alkyl halides is 3. The van der Waals surface area contributed by atoms with Crippen molar-refractivity contribution in [2.45, 2.75) is 434 Å². The fourth-order valence-corrected chi connectivity index (χ4v) is 30.3. The van der Waals surface area contributed by atoms with E-state index in [0.29, 0.717) is 0 Å². The van der Waals surface area contributed by atoms with Crippen molar-refractivity contribution >= 4 is 55.7 Å². The van der Waals surface area contributed by atoms with E-state index in [4.69, 9.17) is 0 Å². The molecule has 0 spiro atoms. The molecule has 0 amide bonds. The Kier molecular flexibility index (Phi) is 91.1. The van der Waals surface area contributed by atoms with Crippen LogP contribution in [-0.4, -0.2) is 61.8 Å². The predicted molar refractivity (Wildman–Crippen MR) is 489 cm³/mol. The molecule has 0 bridgehead atoms. The number of ether oxygens (including phenoxy) is 1. The molecule has 0 radical (unpaired) electrons. The van der Waals surface area contributed by atoms with Gasteiger partial charge in [0.05, 0.1) is 73.9 Å². The number of unbranched alkanes of at least 4 members (excludes halogenated alkanes) is 45. The van der Waals surface area contributed by atoms with E-state index in [1.807, 2.05) is 12.1 Å². The van der Waals surface area contributed by atoms with Crippen molar-refractivity contribution in [3.8, 4) is 5.75 Å². The summed E-state index contributed by atoms with van der Waals surface area (Å²) in [5.41, 5.74) is 4.46. The molecular weight excluding hydrogens is 1600 g/mol. The summed E-state index contributed by atoms with van der Waals surface area (Å²) in [4.78, 5) is 0. The van der Waals surface area contributed by atoms with Crippen molar-refractivity contribution in [1.82, 2.24) is 0 Å². The molecule has 0 N–H and O–H groups in total. The Labute approximate surface area is 706 Å². The molecule has 3 aromatic carbocycles. The van der Waals surface area contributed by atoms with Gasteiger partial charge in [-0.3, -0.25) is 0 Å². The number of benzene rings is 3. The largest absolute Gasteiger partial charge is 1.00 e. The second kappa shape index (κ2) is 83.7. The van der Waals surface area contributed by atoms with Crippen LogP contribution in [0.2, 0.25) is 0 Å². The molecule has 0 aliphatic rings. The first-order valence-corrected chi connectivity index (χ1v) is 52.4. The maximum Gasteiger partial charge on any atom is 0.573 e. The van der Waals surface area contributed by atoms with Crippen LogP contribution < -0.4 is 46.5 Å². The second-order valence-electron chi connectivity index (χ2n) is 32.1. The molecule has 12 heteroatoms. The third-order valence-electron chi connectivity index (χ3n) is 22.3. The molecule has 1 unspecified atom stereocenters. The van der Waals surface area contributed by atoms with E-state index >= 15 is 0 Å². The van der Waals surface area contributed by atoms with Gasteiger partial charge in [0, 0.05) is 21.8 Å². The Balaban J connectivity index is -0.000000472. The molecule has 0 saturated heterocycles. The normalized spacial score (nSPS) is 11.4. The minimum absolute atomic E-state index is 0. The fraction of sp³-hybridized carbons (Fsp3) is 0.809. The molecule has 3 aromatic rings. The zero-order valence-electron chi connectivity index (χ0n) is 71.4. The molecule has 0 heterocycles. The van der Waals surface area contributed by atoms with Crippen LogP contribution >= 0.6 is 55.7 Å². The monoisotopic (exact) mass is 1780 g/mol. The maximum atomic E-state index is 12.6. The maximum absolute atomic E-state index is 12.6. The van der Waals surface area contributed by atoms with Gasteiger partial charge in [0.2, 0.25) is 0 Å². The van der Waals surface area contributed by atoms with Crippen molar-refractivity contribution in [3.05, 3.63) is 102 Å². The number of hydrogen-bond donors (Lipinski definition) is 0. The van der Waals surface area contributed by atoms with Crippen molar-refractivity contribution in [2.24, 2.45) is 0 Å². The van der Waals surface area contributed by atoms with Crippen LogP contribution in [-0.2, 0) is 18.5 Å². The lowest BCUT2D eigenvalue weighted by Crippen LogP contribution is -3.00. The highest BCUT2D eigenvalue weighted by molar-refractivity contribution is 14.0. The summed E-state index contributed by atoms with van der Waals surface area (Å²) < 4.78 is 42.1. The third kappa shape index (κ3) is 69.1. The topological polar surface area (TPSA) is 9.23 Å². The highest BCUT2D eigenvalue weighted by Gasteiger charge is 2.39. The molecule has 1 nitrogen and oxygen atoms in total. The van der Waals surface area contributed by atoms with E-state index in [1.165, 1.54) is 395 Å². The average molecular weight is 1780 g/mol. The summed E-state index contributed by atoms with van der Waals surface area (Å²) in [6.07, 6.45) is 88.7. The van der Waals surface area contributed by atoms with Gasteiger partial charge in [-0.05, 0) is 144 Å². The van der Waals surface area contributed by atoms with Crippen LogP contribution in [0.3, 0.4) is 0 Å². The summed E-state index contributed by atoms with van der Waals surface area (Å²) in [6.45, 7) is 20.8. The van der Waals surface area contributed by atoms with Crippen molar-refractivity contribution in [2.75, 3.05) is 55.5 Å². The molecule has 0 aliphatic carbocycles. The summed E-state index contributed by atoms with van der Waals surface area (Å²) in [5, 5.41) is 0. The van der Waals surface area contributed by atoms with E-state index in [-0.39, 0.29) is 81.4 Å². The van der Waals surface area contributed by atoms with E-state index in [1.54, 1.807) is 48.1 Å². The van der Waals surface area contributed by atoms with E-state index in [0.717, 1.165) is 6.16 Å². The van der Waals surface area contributed by atoms with Crippen molar-refractivity contribution in [3.63, 3.8) is 0 Å². The summed E-state index contributed by atoms with van der Waals surface area (Å²) in [6, 6.07) is 29.9. The van der Waals surface area contributed by atoms with Gasteiger partial charge in [-0.15, -0.1) is 37.1 Å². The van der Waals surface area contributed by atoms with Gasteiger partial charge in [0.15, 0.2) is 0 Å². The molecule has 0 fully saturated rings. The zero-order chi connectivity index (χ0) is 73.6. The van der Waals surface area contributed by atoms with Crippen LogP contribution in [0.4, 0.5) is 13.2 Å². The van der Waals surface area contributed by atoms with Gasteiger partial charge >= 0.3 is 6.36 Å². The van der Waals surface area contributed by atoms with Crippen LogP contribution in [0, 0.1) is 0 Å². The molecule has 3 rings (SSSR count). The Morgan fingerprint density at radius 3 is 0.547 bits per heavy atom. The van der Waals surface area contributed by atoms with Gasteiger partial charge in [-0.2, -0.15) is 9.90 Å². The lowest BCUT2D eigenvalue weighted by Gasteiger charge is -2.29. The summed E-state index contributed by atoms with van der Waals surface area (Å²) in [7, 11) is -2.97. The smallest absolute Gasteiger partial charge is 0.573 e. The molecular formula is C94H177BrCl2F3IOP4. The Morgan fingerprint density at radius 2 is 0.387 bits per heavy atom. The molecule has 628 valence electrons. The first-order valence-electron chi connectivity index (χ1n) is 44.8. The minimum Gasteiger partial charge on any atom is -1.00 e. The highest BCUT2D eigenvalue weighted by atomic mass is 127. The fourth-order valence-electron chi connectivity index (χ4n) is 15.9. The number of halogens is 7. The van der Waals surface area contributed by atoms with Crippen molar-refractivity contribution < 1.29 is 59.7 Å². The predicted octanol–water partition coefficient (Wildman–Crippen LogP) is 26.4. The van der Waals surface area contributed by atoms with Gasteiger partial charge in [-0.1, -0.05) is 366 Å². The average Bonchev–Trinajstić information content (AvgIpc) is 0.963. The molecule has 0 saturated carbocycles. The summed E-state index contributed by atoms with van der Waals surface area (Å²) >= 11 is 0. The van der Waals surface area contributed by atoms with Crippen LogP contribution in [0.15, 0.2) is 84.9 Å². The molecule has 106 heavy (non-hydrogen) atoms. The highest BCUT2D eigenvalue weighted by Crippen LogP contribution is 2.66. The molecule has 0 aliphatic heterocycles. The SMILES string of the molecule is CCCCCCCC[P+](CCCCCCCC)(CCCCCCCC)Cc1ccc(OC(F)(F)F)cc1.CCCCCCCC[P+](CCCCCCCC)(CCCCCCCC)Cc1ccccc1.CCCCCCCC[P+](CCCCCCCC)(CCCCCCCC)Cc1ccccc1.I.P.[Br-].[Cl-].[Cl-]. The van der Waals surface area contributed by atoms with E-state index in [9.17, 15) is 13.2 Å². The number of hydrogen-bond acceptors (Lipinski definition) is 1. The lowest BCUT2D eigenvalue weighted by atomic mass is 10.1. The van der Waals surface area contributed by atoms with Crippen LogP contribution in [0.1, 0.15) is 426 Å². The molecule has 0 aromatic heterocycles. The quantitative estimate of drug-likeness (QED) is 0.0311. The minimum atomic E-state index is -4.63. The number of rotatable bonds is 70. The van der Waals surface area contributed by atoms with Gasteiger partial charge in [-0.25, -0.2) is 0 Å². The molecule has 1 atom stereocenters. The first-order chi connectivity index (χ1) is 49.4. The van der Waals surface area contributed by atoms with Crippen LogP contribution in [0.25, 0.3) is 0 Å². The van der Waals surface area contributed by atoms with Crippen LogP contribution in [0.5, 0.6) is 5.75 Å². The second-order valence-corrected chi connectivity index (χ2v) is 45.1. The van der Waals surface area contributed by atoms with Gasteiger partial charge < -0.3 is 46.5 Å².